The van der Waals surface area contributed by atoms with Gasteiger partial charge in [-0.2, -0.15) is 0 Å². The van der Waals surface area contributed by atoms with Gasteiger partial charge in [-0.05, 0) is 29.8 Å². The number of carbonyl (C=O) groups excluding carboxylic acids is 1. The van der Waals surface area contributed by atoms with E-state index in [1.54, 1.807) is 16.2 Å². The fourth-order valence-corrected chi connectivity index (χ4v) is 3.37. The summed E-state index contributed by atoms with van der Waals surface area (Å²) in [7, 11) is 0. The highest BCUT2D eigenvalue weighted by Crippen LogP contribution is 2.33. The zero-order chi connectivity index (χ0) is 14.8. The van der Waals surface area contributed by atoms with Crippen LogP contribution < -0.4 is 10.6 Å². The Kier molecular flexibility index (Phi) is 3.98. The first-order valence-electron chi connectivity index (χ1n) is 6.54. The fourth-order valence-electron chi connectivity index (χ4n) is 2.33. The van der Waals surface area contributed by atoms with Crippen molar-refractivity contribution in [3.8, 4) is 11.8 Å². The zero-order valence-corrected chi connectivity index (χ0v) is 12.8. The number of hydrogen-bond donors (Lipinski definition) is 1. The lowest BCUT2D eigenvalue weighted by molar-refractivity contribution is -0.117. The second kappa shape index (κ2) is 5.90. The molecule has 1 aromatic heterocycles. The van der Waals surface area contributed by atoms with Crippen LogP contribution in [0, 0.1) is 11.8 Å². The van der Waals surface area contributed by atoms with Gasteiger partial charge in [-0.1, -0.05) is 29.5 Å². The second-order valence-corrected chi connectivity index (χ2v) is 6.31. The van der Waals surface area contributed by atoms with Crippen LogP contribution in [-0.4, -0.2) is 12.5 Å². The predicted octanol–water partition coefficient (Wildman–Crippen LogP) is 2.80. The Labute approximate surface area is 132 Å². The van der Waals surface area contributed by atoms with E-state index in [2.05, 4.69) is 11.8 Å². The number of nitrogens with two attached hydrogens (primary N) is 1. The Hall–Kier alpha value is -1.80. The van der Waals surface area contributed by atoms with E-state index < -0.39 is 0 Å². The molecule has 0 radical (unpaired) electrons. The van der Waals surface area contributed by atoms with E-state index in [1.165, 1.54) is 0 Å². The minimum atomic E-state index is 0.107. The Bertz CT molecular complexity index is 757. The van der Waals surface area contributed by atoms with E-state index in [9.17, 15) is 4.79 Å². The summed E-state index contributed by atoms with van der Waals surface area (Å²) in [6.07, 6.45) is 0.442. The molecule has 3 nitrogen and oxygen atoms in total. The summed E-state index contributed by atoms with van der Waals surface area (Å²) in [6, 6.07) is 9.55. The normalized spacial score (nSPS) is 13.0. The maximum absolute atomic E-state index is 12.2. The average molecular weight is 317 g/mol. The van der Waals surface area contributed by atoms with Crippen molar-refractivity contribution in [3.05, 3.63) is 50.7 Å². The van der Waals surface area contributed by atoms with Crippen molar-refractivity contribution in [2.45, 2.75) is 13.0 Å². The number of nitrogens with zero attached hydrogens (tertiary/aromatic N) is 1. The maximum atomic E-state index is 12.2. The third kappa shape index (κ3) is 2.96. The van der Waals surface area contributed by atoms with Gasteiger partial charge in [0.15, 0.2) is 0 Å². The topological polar surface area (TPSA) is 46.3 Å². The first kappa shape index (κ1) is 14.2. The number of anilines is 1. The highest BCUT2D eigenvalue weighted by atomic mass is 35.5. The molecular weight excluding hydrogens is 304 g/mol. The molecule has 0 spiro atoms. The van der Waals surface area contributed by atoms with Crippen LogP contribution in [0.1, 0.15) is 15.3 Å². The van der Waals surface area contributed by atoms with Gasteiger partial charge in [0.05, 0.1) is 24.4 Å². The molecule has 0 saturated heterocycles. The summed E-state index contributed by atoms with van der Waals surface area (Å²) in [5.74, 6) is 5.95. The summed E-state index contributed by atoms with van der Waals surface area (Å²) >= 11 is 7.62. The SMILES string of the molecule is NCC#Cc1ccc(CN2C(=O)Cc3ccc(Cl)cc32)s1. The number of rotatable bonds is 2. The molecule has 3 rings (SSSR count). The standard InChI is InChI=1S/C16H13ClN2OS/c17-12-4-3-11-8-16(20)19(15(11)9-12)10-14-6-5-13(21-14)2-1-7-18/h3-6,9H,7-8,10,18H2. The van der Waals surface area contributed by atoms with Gasteiger partial charge >= 0.3 is 0 Å². The van der Waals surface area contributed by atoms with E-state index >= 15 is 0 Å². The molecule has 106 valence electrons. The molecule has 0 saturated carbocycles. The third-order valence-corrected chi connectivity index (χ3v) is 4.49. The van der Waals surface area contributed by atoms with Crippen molar-refractivity contribution in [2.24, 2.45) is 5.73 Å². The molecule has 0 bridgehead atoms. The molecule has 2 N–H and O–H groups in total. The predicted molar refractivity (Wildman–Crippen MR) is 86.6 cm³/mol. The van der Waals surface area contributed by atoms with Gasteiger partial charge in [0.1, 0.15) is 0 Å². The number of fused-ring (bicyclic) bond motifs is 1. The molecule has 21 heavy (non-hydrogen) atoms. The van der Waals surface area contributed by atoms with Gasteiger partial charge in [0, 0.05) is 15.6 Å². The molecule has 0 atom stereocenters. The lowest BCUT2D eigenvalue weighted by Crippen LogP contribution is -2.25. The zero-order valence-electron chi connectivity index (χ0n) is 11.2. The fraction of sp³-hybridized carbons (Fsp3) is 0.188. The molecule has 1 aliphatic rings. The molecule has 0 unspecified atom stereocenters. The largest absolute Gasteiger partial charge is 0.320 e. The van der Waals surface area contributed by atoms with Gasteiger partial charge in [-0.3, -0.25) is 4.79 Å². The smallest absolute Gasteiger partial charge is 0.231 e. The number of benzene rings is 1. The van der Waals surface area contributed by atoms with Crippen LogP contribution in [0.15, 0.2) is 30.3 Å². The average Bonchev–Trinajstić information content (AvgIpc) is 3.03. The van der Waals surface area contributed by atoms with Crippen molar-refractivity contribution >= 4 is 34.5 Å². The number of thiophene rings is 1. The number of amides is 1. The van der Waals surface area contributed by atoms with Crippen LogP contribution in [0.2, 0.25) is 5.02 Å². The van der Waals surface area contributed by atoms with Crippen molar-refractivity contribution in [3.63, 3.8) is 0 Å². The first-order chi connectivity index (χ1) is 10.2. The Balaban J connectivity index is 1.84. The van der Waals surface area contributed by atoms with Gasteiger partial charge in [-0.25, -0.2) is 0 Å². The minimum Gasteiger partial charge on any atom is -0.320 e. The second-order valence-electron chi connectivity index (χ2n) is 4.70. The van der Waals surface area contributed by atoms with Crippen molar-refractivity contribution in [1.82, 2.24) is 0 Å². The number of hydrogen-bond acceptors (Lipinski definition) is 3. The van der Waals surface area contributed by atoms with E-state index in [1.807, 2.05) is 30.3 Å². The van der Waals surface area contributed by atoms with Gasteiger partial charge in [0.25, 0.3) is 0 Å². The van der Waals surface area contributed by atoms with Gasteiger partial charge < -0.3 is 10.6 Å². The molecular formula is C16H13ClN2OS. The minimum absolute atomic E-state index is 0.107. The monoisotopic (exact) mass is 316 g/mol. The third-order valence-electron chi connectivity index (χ3n) is 3.27. The maximum Gasteiger partial charge on any atom is 0.231 e. The molecule has 0 aliphatic carbocycles. The molecule has 1 aliphatic heterocycles. The molecule has 2 aromatic rings. The van der Waals surface area contributed by atoms with Crippen molar-refractivity contribution < 1.29 is 4.79 Å². The van der Waals surface area contributed by atoms with Gasteiger partial charge in [0.2, 0.25) is 5.91 Å². The lowest BCUT2D eigenvalue weighted by atomic mass is 10.2. The summed E-state index contributed by atoms with van der Waals surface area (Å²) < 4.78 is 0. The van der Waals surface area contributed by atoms with E-state index in [0.717, 1.165) is 21.0 Å². The van der Waals surface area contributed by atoms with E-state index in [0.29, 0.717) is 24.5 Å². The molecule has 1 amide bonds. The Morgan fingerprint density at radius 1 is 1.33 bits per heavy atom. The molecule has 5 heteroatoms. The van der Waals surface area contributed by atoms with Crippen LogP contribution in [0.25, 0.3) is 0 Å². The Morgan fingerprint density at radius 3 is 3.00 bits per heavy atom. The quantitative estimate of drug-likeness (QED) is 0.866. The van der Waals surface area contributed by atoms with E-state index in [4.69, 9.17) is 17.3 Å². The summed E-state index contributed by atoms with van der Waals surface area (Å²) in [5.41, 5.74) is 7.31. The number of carbonyl (C=O) groups is 1. The Morgan fingerprint density at radius 2 is 2.19 bits per heavy atom. The highest BCUT2D eigenvalue weighted by Gasteiger charge is 2.27. The van der Waals surface area contributed by atoms with Crippen LogP contribution in [0.4, 0.5) is 5.69 Å². The summed E-state index contributed by atoms with van der Waals surface area (Å²) in [5, 5.41) is 0.647. The van der Waals surface area contributed by atoms with E-state index in [-0.39, 0.29) is 5.91 Å². The summed E-state index contributed by atoms with van der Waals surface area (Å²) in [4.78, 5) is 16.0. The number of halogens is 1. The van der Waals surface area contributed by atoms with Crippen molar-refractivity contribution in [2.75, 3.05) is 11.4 Å². The molecule has 0 fully saturated rings. The summed E-state index contributed by atoms with van der Waals surface area (Å²) in [6.45, 7) is 0.908. The molecule has 2 heterocycles. The highest BCUT2D eigenvalue weighted by molar-refractivity contribution is 7.12. The molecule has 1 aromatic carbocycles. The van der Waals surface area contributed by atoms with Crippen LogP contribution >= 0.6 is 22.9 Å². The van der Waals surface area contributed by atoms with Crippen LogP contribution in [-0.2, 0) is 17.8 Å². The van der Waals surface area contributed by atoms with Crippen molar-refractivity contribution in [1.29, 1.82) is 0 Å². The lowest BCUT2D eigenvalue weighted by Gasteiger charge is -2.16. The first-order valence-corrected chi connectivity index (χ1v) is 7.73. The van der Waals surface area contributed by atoms with Crippen LogP contribution in [0.3, 0.4) is 0 Å². The van der Waals surface area contributed by atoms with Gasteiger partial charge in [-0.15, -0.1) is 11.3 Å². The van der Waals surface area contributed by atoms with Crippen LogP contribution in [0.5, 0.6) is 0 Å².